The van der Waals surface area contributed by atoms with E-state index in [1.54, 1.807) is 5.32 Å². The van der Waals surface area contributed by atoms with Gasteiger partial charge in [-0.3, -0.25) is 24.5 Å². The van der Waals surface area contributed by atoms with Crippen LogP contribution in [0.25, 0.3) is 0 Å². The zero-order valence-corrected chi connectivity index (χ0v) is 16.7. The standard InChI is InChI=1S/C22H18ClF2N3O4/c23-15-4-2-14(3-5-15)22(24,25)21(32)26-10-12-1-6-16-13(9-12)11-28(20(16)31)17-7-8-18(29)27-19(17)30/h1-6,9,17H,7-8,10-11H2,(H,26,32)(H,27,29,30)/i7D,8D2,10D2,17D/hD. The largest absolute Gasteiger partial charge is 0.349 e. The van der Waals surface area contributed by atoms with Gasteiger partial charge >= 0.3 is 5.92 Å². The molecule has 2 heterocycles. The smallest absolute Gasteiger partial charge is 0.346 e. The van der Waals surface area contributed by atoms with E-state index in [2.05, 4.69) is 0 Å². The summed E-state index contributed by atoms with van der Waals surface area (Å²) in [6, 6.07) is 3.98. The molecule has 32 heavy (non-hydrogen) atoms. The Bertz CT molecular complexity index is 1410. The van der Waals surface area contributed by atoms with E-state index in [9.17, 15) is 28.0 Å². The fourth-order valence-corrected chi connectivity index (χ4v) is 3.28. The van der Waals surface area contributed by atoms with Crippen LogP contribution in [0, 0.1) is 0 Å². The van der Waals surface area contributed by atoms with Gasteiger partial charge in [-0.1, -0.05) is 35.9 Å². The second-order valence-corrected chi connectivity index (χ2v) is 7.27. The van der Waals surface area contributed by atoms with Crippen molar-refractivity contribution in [3.63, 3.8) is 0 Å². The Morgan fingerprint density at radius 2 is 2.03 bits per heavy atom. The predicted molar refractivity (Wildman–Crippen MR) is 110 cm³/mol. The highest BCUT2D eigenvalue weighted by molar-refractivity contribution is 6.30. The number of hydrogen-bond donors (Lipinski definition) is 2. The van der Waals surface area contributed by atoms with Crippen LogP contribution in [-0.4, -0.2) is 34.5 Å². The summed E-state index contributed by atoms with van der Waals surface area (Å²) in [6.07, 6.45) is -5.35. The van der Waals surface area contributed by atoms with E-state index >= 15 is 0 Å². The maximum Gasteiger partial charge on any atom is 0.349 e. The zero-order chi connectivity index (χ0) is 29.3. The number of nitrogens with zero attached hydrogens (tertiary/aromatic N) is 1. The molecule has 10 heteroatoms. The number of benzene rings is 2. The molecule has 2 unspecified atom stereocenters. The van der Waals surface area contributed by atoms with Crippen LogP contribution in [0.2, 0.25) is 6.43 Å². The Hall–Kier alpha value is -3.33. The van der Waals surface area contributed by atoms with E-state index < -0.39 is 77.8 Å². The maximum absolute atomic E-state index is 14.8. The number of carbonyl (C=O) groups excluding carboxylic acids is 4. The van der Waals surface area contributed by atoms with Gasteiger partial charge in [0, 0.05) is 39.7 Å². The Morgan fingerprint density at radius 3 is 2.75 bits per heavy atom. The molecule has 0 saturated carbocycles. The number of rotatable bonds is 5. The summed E-state index contributed by atoms with van der Waals surface area (Å²) in [6.45, 7) is -3.76. The first-order valence-electron chi connectivity index (χ1n) is 12.6. The third kappa shape index (κ3) is 4.08. The van der Waals surface area contributed by atoms with E-state index in [-0.39, 0.29) is 16.1 Å². The van der Waals surface area contributed by atoms with Crippen LogP contribution in [0.15, 0.2) is 42.5 Å². The molecule has 4 amide bonds. The van der Waals surface area contributed by atoms with Crippen LogP contribution in [-0.2, 0) is 33.3 Å². The van der Waals surface area contributed by atoms with Crippen molar-refractivity contribution in [3.8, 4) is 0 Å². The van der Waals surface area contributed by atoms with Crippen LogP contribution in [0.4, 0.5) is 8.78 Å². The van der Waals surface area contributed by atoms with Crippen molar-refractivity contribution in [3.05, 3.63) is 69.7 Å². The maximum atomic E-state index is 14.8. The van der Waals surface area contributed by atoms with Gasteiger partial charge in [-0.25, -0.2) is 0 Å². The summed E-state index contributed by atoms with van der Waals surface area (Å²) < 4.78 is 86.1. The van der Waals surface area contributed by atoms with Crippen molar-refractivity contribution in [2.45, 2.75) is 37.8 Å². The molecule has 0 bridgehead atoms. The summed E-state index contributed by atoms with van der Waals surface area (Å²) in [4.78, 5) is 50.4. The van der Waals surface area contributed by atoms with Gasteiger partial charge in [-0.2, -0.15) is 8.78 Å². The highest BCUT2D eigenvalue weighted by Crippen LogP contribution is 2.30. The molecule has 2 N–H and O–H groups in total. The van der Waals surface area contributed by atoms with Crippen molar-refractivity contribution < 1.29 is 37.6 Å². The topological polar surface area (TPSA) is 95.6 Å². The summed E-state index contributed by atoms with van der Waals surface area (Å²) >= 11 is 5.68. The molecule has 0 radical (unpaired) electrons. The lowest BCUT2D eigenvalue weighted by atomic mass is 10.0. The fraction of sp³-hybridized carbons (Fsp3) is 0.273. The highest BCUT2D eigenvalue weighted by Gasteiger charge is 2.41. The Morgan fingerprint density at radius 1 is 1.31 bits per heavy atom. The number of fused-ring (bicyclic) bond motifs is 1. The number of piperidine rings is 1. The summed E-state index contributed by atoms with van der Waals surface area (Å²) in [5.74, 6) is -10.3. The van der Waals surface area contributed by atoms with Crippen molar-refractivity contribution in [2.24, 2.45) is 0 Å². The molecule has 2 aliphatic heterocycles. The SMILES string of the molecule is [2H]C1C([2H])([2H])C(=O)NC(=O)C1([2H])N1Cc2cc(C([2H])([2H])N([2H])C(=O)C(F)(F)c3ccc(Cl)cc3)ccc2C1=O. The van der Waals surface area contributed by atoms with Crippen molar-refractivity contribution in [1.82, 2.24) is 15.5 Å². The van der Waals surface area contributed by atoms with Crippen molar-refractivity contribution in [2.75, 3.05) is 0 Å². The van der Waals surface area contributed by atoms with E-state index in [1.165, 1.54) is 0 Å². The minimum absolute atomic E-state index is 0.0456. The number of carbonyl (C=O) groups is 4. The average molecular weight is 469 g/mol. The van der Waals surface area contributed by atoms with Crippen LogP contribution >= 0.6 is 11.6 Å². The highest BCUT2D eigenvalue weighted by atomic mass is 35.5. The number of imide groups is 1. The quantitative estimate of drug-likeness (QED) is 0.659. The molecule has 7 nitrogen and oxygen atoms in total. The van der Waals surface area contributed by atoms with Crippen LogP contribution in [0.1, 0.15) is 48.0 Å². The van der Waals surface area contributed by atoms with Gasteiger partial charge in [0.2, 0.25) is 11.8 Å². The first-order valence-corrected chi connectivity index (χ1v) is 9.46. The molecule has 1 saturated heterocycles. The molecule has 1 fully saturated rings. The van der Waals surface area contributed by atoms with Gasteiger partial charge in [-0.05, 0) is 35.7 Å². The van der Waals surface area contributed by atoms with Crippen molar-refractivity contribution >= 4 is 35.2 Å². The van der Waals surface area contributed by atoms with Gasteiger partial charge in [0.25, 0.3) is 11.8 Å². The molecule has 4 rings (SSSR count). The summed E-state index contributed by atoms with van der Waals surface area (Å²) in [7, 11) is 0. The fourth-order valence-electron chi connectivity index (χ4n) is 3.16. The Labute approximate surface area is 196 Å². The normalized spacial score (nSPS) is 28.2. The first-order chi connectivity index (χ1) is 17.9. The molecule has 2 aromatic carbocycles. The Balaban J connectivity index is 1.64. The third-order valence-electron chi connectivity index (χ3n) is 4.76. The van der Waals surface area contributed by atoms with E-state index in [0.29, 0.717) is 4.90 Å². The van der Waals surface area contributed by atoms with E-state index in [1.807, 2.05) is 0 Å². The number of alkyl halides is 2. The molecule has 0 spiro atoms. The van der Waals surface area contributed by atoms with Crippen LogP contribution in [0.3, 0.4) is 0 Å². The van der Waals surface area contributed by atoms with Gasteiger partial charge in [0.05, 0.1) is 4.11 Å². The Kier molecular flexibility index (Phi) is 3.81. The molecule has 0 aromatic heterocycles. The van der Waals surface area contributed by atoms with Crippen molar-refractivity contribution in [1.29, 1.82) is 0 Å². The van der Waals surface area contributed by atoms with Gasteiger partial charge in [-0.15, -0.1) is 0 Å². The minimum atomic E-state index is -4.30. The molecular weight excluding hydrogens is 444 g/mol. The molecule has 166 valence electrons. The summed E-state index contributed by atoms with van der Waals surface area (Å²) in [5, 5.41) is 1.22. The number of amides is 4. The molecular formula is C22H18ClF2N3O4. The monoisotopic (exact) mass is 468 g/mol. The lowest BCUT2D eigenvalue weighted by Crippen LogP contribution is -2.52. The predicted octanol–water partition coefficient (Wildman–Crippen LogP) is 2.51. The molecule has 0 aliphatic carbocycles. The van der Waals surface area contributed by atoms with Gasteiger partial charge < -0.3 is 10.2 Å². The molecule has 2 aromatic rings. The lowest BCUT2D eigenvalue weighted by molar-refractivity contribution is -0.147. The third-order valence-corrected chi connectivity index (χ3v) is 5.01. The second kappa shape index (κ2) is 8.31. The first kappa shape index (κ1) is 14.7. The molecule has 2 aliphatic rings. The van der Waals surface area contributed by atoms with E-state index in [0.717, 1.165) is 42.5 Å². The second-order valence-electron chi connectivity index (χ2n) is 6.83. The lowest BCUT2D eigenvalue weighted by Gasteiger charge is -2.29. The van der Waals surface area contributed by atoms with Crippen LogP contribution in [0.5, 0.6) is 0 Å². The number of hydrogen-bond acceptors (Lipinski definition) is 4. The minimum Gasteiger partial charge on any atom is -0.346 e. The van der Waals surface area contributed by atoms with Gasteiger partial charge in [0.15, 0.2) is 1.41 Å². The average Bonchev–Trinajstić information content (AvgIpc) is 3.22. The van der Waals surface area contributed by atoms with Crippen LogP contribution < -0.4 is 10.6 Å². The summed E-state index contributed by atoms with van der Waals surface area (Å²) in [5.41, 5.74) is -1.54. The van der Waals surface area contributed by atoms with Gasteiger partial charge in [0.1, 0.15) is 6.02 Å². The number of nitrogens with one attached hydrogen (secondary N) is 2. The van der Waals surface area contributed by atoms with E-state index in [4.69, 9.17) is 21.2 Å². The zero-order valence-electron chi connectivity index (χ0n) is 23.0. The molecule has 2 atom stereocenters. The number of halogens is 3.